The molecule has 14 heavy (non-hydrogen) atoms. The predicted molar refractivity (Wildman–Crippen MR) is 65.0 cm³/mol. The van der Waals surface area contributed by atoms with Gasteiger partial charge in [-0.2, -0.15) is 0 Å². The number of thiazole rings is 1. The summed E-state index contributed by atoms with van der Waals surface area (Å²) in [6, 6.07) is 0. The maximum Gasteiger partial charge on any atom is 0.156 e. The van der Waals surface area contributed by atoms with Crippen LogP contribution in [0.3, 0.4) is 0 Å². The Labute approximate surface area is 96.9 Å². The molecule has 0 amide bonds. The van der Waals surface area contributed by atoms with Crippen LogP contribution < -0.4 is 5.32 Å². The summed E-state index contributed by atoms with van der Waals surface area (Å²) < 4.78 is 1.98. The van der Waals surface area contributed by atoms with Crippen LogP contribution in [0.2, 0.25) is 0 Å². The van der Waals surface area contributed by atoms with Gasteiger partial charge in [-0.25, -0.2) is 4.98 Å². The Balaban J connectivity index is 1.88. The highest BCUT2D eigenvalue weighted by Crippen LogP contribution is 2.23. The molecule has 0 atom stereocenters. The average molecular weight is 245 g/mol. The zero-order valence-electron chi connectivity index (χ0n) is 7.60. The molecule has 0 aromatic carbocycles. The molecule has 1 saturated heterocycles. The van der Waals surface area contributed by atoms with Crippen molar-refractivity contribution >= 4 is 39.6 Å². The number of piperazine rings is 1. The number of hydrogen-bond donors (Lipinski definition) is 1. The van der Waals surface area contributed by atoms with Gasteiger partial charge in [0.1, 0.15) is 4.32 Å². The zero-order chi connectivity index (χ0) is 9.80. The molecule has 76 valence electrons. The van der Waals surface area contributed by atoms with Crippen molar-refractivity contribution < 1.29 is 0 Å². The Hall–Kier alpha value is -0.170. The molecule has 6 heteroatoms. The van der Waals surface area contributed by atoms with Gasteiger partial charge in [-0.05, 0) is 11.8 Å². The predicted octanol–water partition coefficient (Wildman–Crippen LogP) is 1.43. The fraction of sp³-hybridized carbons (Fsp3) is 0.500. The van der Waals surface area contributed by atoms with Crippen LogP contribution >= 0.6 is 35.3 Å². The Morgan fingerprint density at radius 3 is 3.00 bits per heavy atom. The second-order valence-electron chi connectivity index (χ2n) is 2.90. The molecule has 0 bridgehead atoms. The third-order valence-electron chi connectivity index (χ3n) is 1.96. The molecule has 1 aromatic heterocycles. The standard InChI is InChI=1S/C8H11N3S3/c12-8(11-4-1-9-2-5-11)14-7-10-3-6-13-7/h3,6,9H,1-2,4-5H2. The largest absolute Gasteiger partial charge is 0.355 e. The highest BCUT2D eigenvalue weighted by molar-refractivity contribution is 8.23. The van der Waals surface area contributed by atoms with E-state index >= 15 is 0 Å². The van der Waals surface area contributed by atoms with E-state index < -0.39 is 0 Å². The van der Waals surface area contributed by atoms with E-state index in [9.17, 15) is 0 Å². The number of aromatic nitrogens is 1. The fourth-order valence-electron chi connectivity index (χ4n) is 1.25. The van der Waals surface area contributed by atoms with Crippen molar-refractivity contribution in [3.05, 3.63) is 11.6 Å². The Kier molecular flexibility index (Phi) is 3.74. The van der Waals surface area contributed by atoms with Crippen molar-refractivity contribution in [2.75, 3.05) is 26.2 Å². The quantitative estimate of drug-likeness (QED) is 0.597. The van der Waals surface area contributed by atoms with Crippen molar-refractivity contribution in [1.82, 2.24) is 15.2 Å². The van der Waals surface area contributed by atoms with Gasteiger partial charge in [0.05, 0.1) is 0 Å². The Bertz CT molecular complexity index is 293. The normalized spacial score (nSPS) is 17.0. The molecule has 3 nitrogen and oxygen atoms in total. The Morgan fingerprint density at radius 2 is 2.36 bits per heavy atom. The Morgan fingerprint density at radius 1 is 1.57 bits per heavy atom. The summed E-state index contributed by atoms with van der Waals surface area (Å²) in [5.41, 5.74) is 0. The molecule has 0 aliphatic carbocycles. The molecule has 1 aliphatic rings. The van der Waals surface area contributed by atoms with Gasteiger partial charge in [0.25, 0.3) is 0 Å². The number of nitrogens with zero attached hydrogens (tertiary/aromatic N) is 2. The van der Waals surface area contributed by atoms with Crippen LogP contribution in [-0.2, 0) is 0 Å². The van der Waals surface area contributed by atoms with E-state index in [0.717, 1.165) is 34.8 Å². The lowest BCUT2D eigenvalue weighted by molar-refractivity contribution is 0.368. The highest BCUT2D eigenvalue weighted by atomic mass is 32.2. The number of nitrogens with one attached hydrogen (secondary N) is 1. The molecule has 1 aromatic rings. The van der Waals surface area contributed by atoms with Gasteiger partial charge < -0.3 is 10.2 Å². The van der Waals surface area contributed by atoms with Gasteiger partial charge >= 0.3 is 0 Å². The van der Waals surface area contributed by atoms with E-state index in [1.54, 1.807) is 23.1 Å². The van der Waals surface area contributed by atoms with Crippen molar-refractivity contribution in [3.8, 4) is 0 Å². The average Bonchev–Trinajstić information content (AvgIpc) is 2.72. The molecule has 0 radical (unpaired) electrons. The van der Waals surface area contributed by atoms with E-state index in [0.29, 0.717) is 0 Å². The highest BCUT2D eigenvalue weighted by Gasteiger charge is 2.14. The van der Waals surface area contributed by atoms with Crippen molar-refractivity contribution in [2.24, 2.45) is 0 Å². The van der Waals surface area contributed by atoms with Gasteiger partial charge in [-0.15, -0.1) is 11.3 Å². The van der Waals surface area contributed by atoms with Gasteiger partial charge in [0.15, 0.2) is 4.34 Å². The lowest BCUT2D eigenvalue weighted by Crippen LogP contribution is -2.44. The van der Waals surface area contributed by atoms with E-state index in [1.807, 2.05) is 11.6 Å². The summed E-state index contributed by atoms with van der Waals surface area (Å²) in [5, 5.41) is 5.28. The van der Waals surface area contributed by atoms with Crippen LogP contribution in [0.15, 0.2) is 15.9 Å². The summed E-state index contributed by atoms with van der Waals surface area (Å²) in [5.74, 6) is 0. The number of thiocarbonyl (C=S) groups is 1. The SMILES string of the molecule is S=C(Sc1nccs1)N1CCNCC1. The monoisotopic (exact) mass is 245 g/mol. The topological polar surface area (TPSA) is 28.2 Å². The molecular weight excluding hydrogens is 234 g/mol. The smallest absolute Gasteiger partial charge is 0.156 e. The number of thioether (sulfide) groups is 1. The van der Waals surface area contributed by atoms with Crippen molar-refractivity contribution in [1.29, 1.82) is 0 Å². The summed E-state index contributed by atoms with van der Waals surface area (Å²) in [6.45, 7) is 4.07. The molecule has 0 saturated carbocycles. The van der Waals surface area contributed by atoms with Crippen LogP contribution in [0.5, 0.6) is 0 Å². The molecule has 1 N–H and O–H groups in total. The first-order chi connectivity index (χ1) is 6.86. The minimum Gasteiger partial charge on any atom is -0.355 e. The van der Waals surface area contributed by atoms with Crippen LogP contribution in [0.4, 0.5) is 0 Å². The first kappa shape index (κ1) is 10.4. The molecular formula is C8H11N3S3. The molecule has 2 rings (SSSR count). The second kappa shape index (κ2) is 5.06. The van der Waals surface area contributed by atoms with Gasteiger partial charge in [-0.1, -0.05) is 12.2 Å². The number of rotatable bonds is 1. The lowest BCUT2D eigenvalue weighted by atomic mass is 10.4. The van der Waals surface area contributed by atoms with E-state index in [-0.39, 0.29) is 0 Å². The molecule has 1 aliphatic heterocycles. The first-order valence-electron chi connectivity index (χ1n) is 4.43. The van der Waals surface area contributed by atoms with Crippen LogP contribution in [0.25, 0.3) is 0 Å². The molecule has 0 unspecified atom stereocenters. The minimum atomic E-state index is 0.946. The van der Waals surface area contributed by atoms with Gasteiger partial charge in [0, 0.05) is 37.8 Å². The first-order valence-corrected chi connectivity index (χ1v) is 6.53. The molecule has 2 heterocycles. The zero-order valence-corrected chi connectivity index (χ0v) is 10.1. The summed E-state index contributed by atoms with van der Waals surface area (Å²) in [7, 11) is 0. The van der Waals surface area contributed by atoms with Crippen molar-refractivity contribution in [3.63, 3.8) is 0 Å². The fourth-order valence-corrected chi connectivity index (χ4v) is 3.36. The summed E-state index contributed by atoms with van der Waals surface area (Å²) in [4.78, 5) is 6.44. The van der Waals surface area contributed by atoms with Crippen molar-refractivity contribution in [2.45, 2.75) is 4.34 Å². The molecule has 1 fully saturated rings. The third-order valence-corrected chi connectivity index (χ3v) is 4.28. The third kappa shape index (κ3) is 2.66. The van der Waals surface area contributed by atoms with Gasteiger partial charge in [0.2, 0.25) is 0 Å². The summed E-state index contributed by atoms with van der Waals surface area (Å²) >= 11 is 8.58. The lowest BCUT2D eigenvalue weighted by Gasteiger charge is -2.28. The maximum atomic E-state index is 5.35. The summed E-state index contributed by atoms with van der Waals surface area (Å²) in [6.07, 6.45) is 1.81. The van der Waals surface area contributed by atoms with Crippen LogP contribution in [0, 0.1) is 0 Å². The second-order valence-corrected chi connectivity index (χ2v) is 5.68. The molecule has 0 spiro atoms. The van der Waals surface area contributed by atoms with Crippen LogP contribution in [-0.4, -0.2) is 40.4 Å². The van der Waals surface area contributed by atoms with E-state index in [1.165, 1.54) is 0 Å². The number of hydrogen-bond acceptors (Lipinski definition) is 5. The maximum absolute atomic E-state index is 5.35. The van der Waals surface area contributed by atoms with E-state index in [4.69, 9.17) is 12.2 Å². The minimum absolute atomic E-state index is 0.946. The van der Waals surface area contributed by atoms with Crippen LogP contribution in [0.1, 0.15) is 0 Å². The van der Waals surface area contributed by atoms with E-state index in [2.05, 4.69) is 15.2 Å². The van der Waals surface area contributed by atoms with Gasteiger partial charge in [-0.3, -0.25) is 0 Å².